The summed E-state index contributed by atoms with van der Waals surface area (Å²) in [7, 11) is 1.33. The molecule has 0 saturated heterocycles. The second kappa shape index (κ2) is 7.36. The number of nitrogens with two attached hydrogens (primary N) is 1. The van der Waals surface area contributed by atoms with E-state index < -0.39 is 35.5 Å². The minimum absolute atomic E-state index is 0.225. The summed E-state index contributed by atoms with van der Waals surface area (Å²) in [5.74, 6) is -4.03. The fourth-order valence-electron chi connectivity index (χ4n) is 1.58. The Labute approximate surface area is 129 Å². The minimum atomic E-state index is -3.28. The zero-order chi connectivity index (χ0) is 16.9. The SMILES string of the molecule is COc1cc([N+](=O)[O-])c(C(=O)NCC(F)(F)CN)cc1SC. The van der Waals surface area contributed by atoms with Crippen LogP contribution in [0.3, 0.4) is 0 Å². The zero-order valence-corrected chi connectivity index (χ0v) is 12.7. The molecule has 3 N–H and O–H groups in total. The molecule has 0 atom stereocenters. The summed E-state index contributed by atoms with van der Waals surface area (Å²) in [5.41, 5.74) is 4.02. The second-order valence-corrected chi connectivity index (χ2v) is 5.07. The van der Waals surface area contributed by atoms with E-state index in [1.807, 2.05) is 5.32 Å². The average molecular weight is 335 g/mol. The number of ether oxygens (including phenoxy) is 1. The van der Waals surface area contributed by atoms with Gasteiger partial charge in [0.1, 0.15) is 11.3 Å². The molecule has 0 aliphatic rings. The number of benzene rings is 1. The number of thioether (sulfide) groups is 1. The van der Waals surface area contributed by atoms with Crippen molar-refractivity contribution in [2.45, 2.75) is 10.8 Å². The van der Waals surface area contributed by atoms with E-state index in [0.29, 0.717) is 4.90 Å². The van der Waals surface area contributed by atoms with Gasteiger partial charge in [-0.1, -0.05) is 0 Å². The van der Waals surface area contributed by atoms with E-state index in [2.05, 4.69) is 0 Å². The Hall–Kier alpha value is -1.94. The molecule has 0 unspecified atom stereocenters. The first-order valence-corrected chi connectivity index (χ1v) is 7.24. The van der Waals surface area contributed by atoms with Crippen LogP contribution in [0.25, 0.3) is 0 Å². The van der Waals surface area contributed by atoms with Crippen LogP contribution in [0.5, 0.6) is 5.75 Å². The zero-order valence-electron chi connectivity index (χ0n) is 11.9. The maximum atomic E-state index is 13.1. The van der Waals surface area contributed by atoms with Crippen LogP contribution in [0.2, 0.25) is 0 Å². The van der Waals surface area contributed by atoms with Crippen LogP contribution in [-0.2, 0) is 0 Å². The second-order valence-electron chi connectivity index (χ2n) is 4.22. The lowest BCUT2D eigenvalue weighted by molar-refractivity contribution is -0.385. The topological polar surface area (TPSA) is 107 Å². The van der Waals surface area contributed by atoms with Crippen LogP contribution in [-0.4, -0.2) is 43.2 Å². The normalized spacial score (nSPS) is 11.1. The molecular formula is C12H15F2N3O4S. The Morgan fingerprint density at radius 1 is 1.55 bits per heavy atom. The summed E-state index contributed by atoms with van der Waals surface area (Å²) in [6.07, 6.45) is 1.69. The Kier molecular flexibility index (Phi) is 6.06. The summed E-state index contributed by atoms with van der Waals surface area (Å²) in [6.45, 7) is -1.94. The first-order valence-electron chi connectivity index (χ1n) is 6.02. The van der Waals surface area contributed by atoms with Gasteiger partial charge in [0, 0.05) is 0 Å². The lowest BCUT2D eigenvalue weighted by Crippen LogP contribution is -2.41. The van der Waals surface area contributed by atoms with E-state index >= 15 is 0 Å². The van der Waals surface area contributed by atoms with Crippen molar-refractivity contribution in [1.82, 2.24) is 5.32 Å². The van der Waals surface area contributed by atoms with Gasteiger partial charge < -0.3 is 15.8 Å². The largest absolute Gasteiger partial charge is 0.495 e. The molecule has 1 aromatic carbocycles. The molecule has 0 spiro atoms. The standard InChI is InChI=1S/C12H15F2N3O4S/c1-21-9-4-8(17(19)20)7(3-10(9)22-2)11(18)16-6-12(13,14)5-15/h3-4H,5-6,15H2,1-2H3,(H,16,18). The van der Waals surface area contributed by atoms with Gasteiger partial charge in [-0.3, -0.25) is 14.9 Å². The molecule has 10 heteroatoms. The lowest BCUT2D eigenvalue weighted by Gasteiger charge is -2.15. The molecule has 1 amide bonds. The molecule has 0 aliphatic heterocycles. The number of nitrogens with one attached hydrogen (secondary N) is 1. The first-order chi connectivity index (χ1) is 10.3. The van der Waals surface area contributed by atoms with Crippen LogP contribution in [0.4, 0.5) is 14.5 Å². The maximum absolute atomic E-state index is 13.1. The number of hydrogen-bond acceptors (Lipinski definition) is 6. The quantitative estimate of drug-likeness (QED) is 0.446. The van der Waals surface area contributed by atoms with Crippen LogP contribution in [0, 0.1) is 10.1 Å². The molecule has 22 heavy (non-hydrogen) atoms. The summed E-state index contributed by atoms with van der Waals surface area (Å²) >= 11 is 1.20. The van der Waals surface area contributed by atoms with E-state index in [4.69, 9.17) is 10.5 Å². The highest BCUT2D eigenvalue weighted by Crippen LogP contribution is 2.34. The predicted octanol–water partition coefficient (Wildman–Crippen LogP) is 1.65. The molecule has 0 radical (unpaired) electrons. The van der Waals surface area contributed by atoms with Gasteiger partial charge in [0.25, 0.3) is 17.5 Å². The maximum Gasteiger partial charge on any atom is 0.285 e. The van der Waals surface area contributed by atoms with Crippen molar-refractivity contribution in [3.8, 4) is 5.75 Å². The number of nitrogens with zero attached hydrogens (tertiary/aromatic N) is 1. The van der Waals surface area contributed by atoms with Crippen LogP contribution >= 0.6 is 11.8 Å². The molecule has 122 valence electrons. The highest BCUT2D eigenvalue weighted by molar-refractivity contribution is 7.98. The highest BCUT2D eigenvalue weighted by atomic mass is 32.2. The Morgan fingerprint density at radius 3 is 2.64 bits per heavy atom. The minimum Gasteiger partial charge on any atom is -0.495 e. The van der Waals surface area contributed by atoms with E-state index in [1.165, 1.54) is 24.9 Å². The molecule has 7 nitrogen and oxygen atoms in total. The summed E-state index contributed by atoms with van der Waals surface area (Å²) < 4.78 is 31.1. The van der Waals surface area contributed by atoms with Gasteiger partial charge in [0.05, 0.1) is 36.1 Å². The predicted molar refractivity (Wildman–Crippen MR) is 77.8 cm³/mol. The lowest BCUT2D eigenvalue weighted by atomic mass is 10.1. The summed E-state index contributed by atoms with van der Waals surface area (Å²) in [5, 5.41) is 13.0. The van der Waals surface area contributed by atoms with Crippen molar-refractivity contribution < 1.29 is 23.2 Å². The molecule has 1 rings (SSSR count). The van der Waals surface area contributed by atoms with Crippen molar-refractivity contribution in [2.75, 3.05) is 26.5 Å². The fraction of sp³-hybridized carbons (Fsp3) is 0.417. The van der Waals surface area contributed by atoms with Crippen molar-refractivity contribution in [3.63, 3.8) is 0 Å². The van der Waals surface area contributed by atoms with Gasteiger partial charge in [-0.2, -0.15) is 0 Å². The van der Waals surface area contributed by atoms with Crippen LogP contribution < -0.4 is 15.8 Å². The number of nitro benzene ring substituents is 1. The molecule has 1 aromatic rings. The number of nitro groups is 1. The van der Waals surface area contributed by atoms with Crippen molar-refractivity contribution in [3.05, 3.63) is 27.8 Å². The molecule has 0 saturated carbocycles. The van der Waals surface area contributed by atoms with Gasteiger partial charge in [-0.15, -0.1) is 11.8 Å². The molecule has 0 aromatic heterocycles. The molecular weight excluding hydrogens is 320 g/mol. The fourth-order valence-corrected chi connectivity index (χ4v) is 2.16. The number of halogens is 2. The highest BCUT2D eigenvalue weighted by Gasteiger charge is 2.29. The number of carbonyl (C=O) groups excluding carboxylic acids is 1. The van der Waals surface area contributed by atoms with E-state index in [-0.39, 0.29) is 11.3 Å². The van der Waals surface area contributed by atoms with E-state index in [9.17, 15) is 23.7 Å². The average Bonchev–Trinajstić information content (AvgIpc) is 2.51. The third-order valence-electron chi connectivity index (χ3n) is 2.75. The molecule has 0 heterocycles. The molecule has 0 bridgehead atoms. The van der Waals surface area contributed by atoms with Gasteiger partial charge in [-0.05, 0) is 12.3 Å². The molecule has 0 aliphatic carbocycles. The molecule has 0 fully saturated rings. The first kappa shape index (κ1) is 18.1. The van der Waals surface area contributed by atoms with Gasteiger partial charge in [-0.25, -0.2) is 8.78 Å². The number of rotatable bonds is 7. The van der Waals surface area contributed by atoms with Crippen LogP contribution in [0.15, 0.2) is 17.0 Å². The number of hydrogen-bond donors (Lipinski definition) is 2. The van der Waals surface area contributed by atoms with Gasteiger partial charge in [0.15, 0.2) is 0 Å². The third kappa shape index (κ3) is 4.28. The monoisotopic (exact) mass is 335 g/mol. The van der Waals surface area contributed by atoms with Gasteiger partial charge >= 0.3 is 0 Å². The Morgan fingerprint density at radius 2 is 2.18 bits per heavy atom. The number of carbonyl (C=O) groups is 1. The third-order valence-corrected chi connectivity index (χ3v) is 3.51. The van der Waals surface area contributed by atoms with Crippen molar-refractivity contribution in [2.24, 2.45) is 5.73 Å². The Bertz CT molecular complexity index is 584. The van der Waals surface area contributed by atoms with E-state index in [0.717, 1.165) is 6.07 Å². The summed E-state index contributed by atoms with van der Waals surface area (Å²) in [6, 6.07) is 2.32. The van der Waals surface area contributed by atoms with Gasteiger partial charge in [0.2, 0.25) is 0 Å². The van der Waals surface area contributed by atoms with E-state index in [1.54, 1.807) is 6.26 Å². The Balaban J connectivity index is 3.16. The number of alkyl halides is 2. The number of amides is 1. The smallest absolute Gasteiger partial charge is 0.285 e. The summed E-state index contributed by atoms with van der Waals surface area (Å²) in [4.78, 5) is 22.7. The van der Waals surface area contributed by atoms with Crippen molar-refractivity contribution in [1.29, 1.82) is 0 Å². The van der Waals surface area contributed by atoms with Crippen LogP contribution in [0.1, 0.15) is 10.4 Å². The van der Waals surface area contributed by atoms with Crippen molar-refractivity contribution >= 4 is 23.4 Å². The number of methoxy groups -OCH3 is 1.